The number of fused-ring (bicyclic) bond motifs is 1. The van der Waals surface area contributed by atoms with E-state index in [2.05, 4.69) is 4.98 Å². The fourth-order valence-corrected chi connectivity index (χ4v) is 3.83. The summed E-state index contributed by atoms with van der Waals surface area (Å²) in [7, 11) is 0. The summed E-state index contributed by atoms with van der Waals surface area (Å²) in [5.74, 6) is 0.566. The van der Waals surface area contributed by atoms with Crippen LogP contribution in [0.5, 0.6) is 17.5 Å². The normalized spacial score (nSPS) is 15.1. The largest absolute Gasteiger partial charge is 0.457 e. The SMILES string of the molecule is O=[N+]([O-])c1cn2c(n1)OC[C@@H](OCc1ccc(-c3ccc(Oc4ccc(C(F)(F)F)cc4)cc3)cc1)C2. The number of alkyl halides is 3. The number of hydrogen-bond acceptors (Lipinski definition) is 6. The number of imidazole rings is 1. The molecule has 4 aromatic rings. The second kappa shape index (κ2) is 9.94. The van der Waals surface area contributed by atoms with Crippen molar-refractivity contribution < 1.29 is 32.3 Å². The Morgan fingerprint density at radius 1 is 0.973 bits per heavy atom. The maximum Gasteiger partial charge on any atom is 0.416 e. The van der Waals surface area contributed by atoms with Gasteiger partial charge in [-0.15, -0.1) is 0 Å². The number of nitrogens with zero attached hydrogens (tertiary/aromatic N) is 3. The molecule has 1 aliphatic heterocycles. The quantitative estimate of drug-likeness (QED) is 0.215. The van der Waals surface area contributed by atoms with E-state index >= 15 is 0 Å². The minimum Gasteiger partial charge on any atom is -0.457 e. The predicted octanol–water partition coefficient (Wildman–Crippen LogP) is 6.25. The number of nitro groups is 1. The summed E-state index contributed by atoms with van der Waals surface area (Å²) in [6.45, 7) is 1.02. The van der Waals surface area contributed by atoms with E-state index in [1.54, 1.807) is 16.7 Å². The minimum atomic E-state index is -4.39. The van der Waals surface area contributed by atoms with Crippen LogP contribution in [0.2, 0.25) is 0 Å². The molecular weight excluding hydrogens is 491 g/mol. The summed E-state index contributed by atoms with van der Waals surface area (Å²) >= 11 is 0. The predicted molar refractivity (Wildman–Crippen MR) is 126 cm³/mol. The molecule has 37 heavy (non-hydrogen) atoms. The lowest BCUT2D eigenvalue weighted by Gasteiger charge is -2.22. The number of rotatable bonds is 7. The number of ether oxygens (including phenoxy) is 3. The van der Waals surface area contributed by atoms with Crippen LogP contribution in [0.4, 0.5) is 19.0 Å². The highest BCUT2D eigenvalue weighted by Crippen LogP contribution is 2.32. The van der Waals surface area contributed by atoms with Gasteiger partial charge in [0.1, 0.15) is 30.4 Å². The Morgan fingerprint density at radius 3 is 2.16 bits per heavy atom. The van der Waals surface area contributed by atoms with Crippen LogP contribution in [-0.2, 0) is 24.1 Å². The Balaban J connectivity index is 1.15. The van der Waals surface area contributed by atoms with E-state index in [9.17, 15) is 23.3 Å². The van der Waals surface area contributed by atoms with Crippen molar-refractivity contribution in [2.24, 2.45) is 0 Å². The topological polar surface area (TPSA) is 88.7 Å². The zero-order chi connectivity index (χ0) is 26.0. The average molecular weight is 511 g/mol. The lowest BCUT2D eigenvalue weighted by atomic mass is 10.0. The third kappa shape index (κ3) is 5.72. The molecule has 8 nitrogen and oxygen atoms in total. The first-order valence-corrected chi connectivity index (χ1v) is 11.2. The molecule has 0 spiro atoms. The highest BCUT2D eigenvalue weighted by atomic mass is 19.4. The maximum atomic E-state index is 12.7. The minimum absolute atomic E-state index is 0.215. The number of benzene rings is 3. The Morgan fingerprint density at radius 2 is 1.57 bits per heavy atom. The van der Waals surface area contributed by atoms with E-state index in [-0.39, 0.29) is 24.5 Å². The molecule has 5 rings (SSSR count). The Hall–Kier alpha value is -4.38. The standard InChI is InChI=1S/C26H20F3N3O5/c27-26(28,29)20-7-11-22(12-8-20)37-21-9-5-19(6-10-21)18-3-1-17(2-4-18)15-35-23-13-31-14-24(32(33)34)30-25(31)36-16-23/h1-12,14,23H,13,15-16H2/t23-/m0/s1. The maximum absolute atomic E-state index is 12.7. The van der Waals surface area contributed by atoms with Crippen LogP contribution >= 0.6 is 0 Å². The fourth-order valence-electron chi connectivity index (χ4n) is 3.83. The number of hydrogen-bond donors (Lipinski definition) is 0. The van der Waals surface area contributed by atoms with Gasteiger partial charge in [-0.3, -0.25) is 4.57 Å². The summed E-state index contributed by atoms with van der Waals surface area (Å²) in [6, 6.07) is 19.8. The highest BCUT2D eigenvalue weighted by Gasteiger charge is 2.30. The Bertz CT molecular complexity index is 1390. The van der Waals surface area contributed by atoms with E-state index in [1.165, 1.54) is 18.3 Å². The monoisotopic (exact) mass is 511 g/mol. The van der Waals surface area contributed by atoms with E-state index in [0.717, 1.165) is 28.8 Å². The van der Waals surface area contributed by atoms with Crippen molar-refractivity contribution in [1.82, 2.24) is 9.55 Å². The molecule has 0 radical (unpaired) electrons. The molecule has 0 aliphatic carbocycles. The third-order valence-corrected chi connectivity index (χ3v) is 5.76. The van der Waals surface area contributed by atoms with Crippen molar-refractivity contribution in [3.8, 4) is 28.6 Å². The first-order valence-electron chi connectivity index (χ1n) is 11.2. The number of halogens is 3. The van der Waals surface area contributed by atoms with Gasteiger partial charge in [-0.05, 0) is 58.0 Å². The fraction of sp³-hybridized carbons (Fsp3) is 0.192. The smallest absolute Gasteiger partial charge is 0.416 e. The van der Waals surface area contributed by atoms with Crippen molar-refractivity contribution in [3.05, 3.63) is 100 Å². The molecular formula is C26H20F3N3O5. The molecule has 1 aromatic heterocycles. The first-order chi connectivity index (χ1) is 17.7. The van der Waals surface area contributed by atoms with Crippen molar-refractivity contribution in [2.75, 3.05) is 6.61 Å². The van der Waals surface area contributed by atoms with Gasteiger partial charge in [0.15, 0.2) is 0 Å². The van der Waals surface area contributed by atoms with E-state index in [0.29, 0.717) is 24.7 Å². The van der Waals surface area contributed by atoms with Crippen molar-refractivity contribution in [2.45, 2.75) is 25.4 Å². The molecule has 0 unspecified atom stereocenters. The second-order valence-corrected chi connectivity index (χ2v) is 8.38. The molecule has 0 fully saturated rings. The molecule has 1 atom stereocenters. The van der Waals surface area contributed by atoms with Crippen LogP contribution in [0, 0.1) is 10.1 Å². The van der Waals surface area contributed by atoms with Crippen molar-refractivity contribution in [3.63, 3.8) is 0 Å². The van der Waals surface area contributed by atoms with E-state index < -0.39 is 16.7 Å². The molecule has 0 bridgehead atoms. The summed E-state index contributed by atoms with van der Waals surface area (Å²) in [4.78, 5) is 14.1. The van der Waals surface area contributed by atoms with Gasteiger partial charge < -0.3 is 24.3 Å². The van der Waals surface area contributed by atoms with Crippen molar-refractivity contribution >= 4 is 5.82 Å². The van der Waals surface area contributed by atoms with E-state index in [4.69, 9.17) is 14.2 Å². The summed E-state index contributed by atoms with van der Waals surface area (Å²) in [5, 5.41) is 10.9. The lowest BCUT2D eigenvalue weighted by Crippen LogP contribution is -2.32. The van der Waals surface area contributed by atoms with Gasteiger partial charge in [0.2, 0.25) is 0 Å². The summed E-state index contributed by atoms with van der Waals surface area (Å²) < 4.78 is 56.7. The molecule has 3 aromatic carbocycles. The number of aromatic nitrogens is 2. The van der Waals surface area contributed by atoms with Gasteiger partial charge in [0.05, 0.1) is 18.7 Å². The van der Waals surface area contributed by atoms with Crippen LogP contribution in [0.1, 0.15) is 11.1 Å². The Kier molecular flexibility index (Phi) is 6.53. The molecule has 0 saturated heterocycles. The van der Waals surface area contributed by atoms with Crippen LogP contribution in [-0.4, -0.2) is 27.2 Å². The van der Waals surface area contributed by atoms with Gasteiger partial charge in [-0.2, -0.15) is 13.2 Å². The second-order valence-electron chi connectivity index (χ2n) is 8.38. The molecule has 2 heterocycles. The van der Waals surface area contributed by atoms with Crippen LogP contribution < -0.4 is 9.47 Å². The molecule has 0 amide bonds. The van der Waals surface area contributed by atoms with Gasteiger partial charge in [-0.1, -0.05) is 36.4 Å². The first kappa shape index (κ1) is 24.3. The average Bonchev–Trinajstić information content (AvgIpc) is 3.32. The molecule has 0 N–H and O–H groups in total. The highest BCUT2D eigenvalue weighted by molar-refractivity contribution is 5.64. The molecule has 1 aliphatic rings. The van der Waals surface area contributed by atoms with Crippen LogP contribution in [0.15, 0.2) is 79.0 Å². The van der Waals surface area contributed by atoms with Crippen LogP contribution in [0.3, 0.4) is 0 Å². The van der Waals surface area contributed by atoms with Gasteiger partial charge in [0.25, 0.3) is 0 Å². The lowest BCUT2D eigenvalue weighted by molar-refractivity contribution is -0.389. The van der Waals surface area contributed by atoms with E-state index in [1.807, 2.05) is 36.4 Å². The zero-order valence-corrected chi connectivity index (χ0v) is 19.2. The van der Waals surface area contributed by atoms with Crippen LogP contribution in [0.25, 0.3) is 11.1 Å². The third-order valence-electron chi connectivity index (χ3n) is 5.76. The zero-order valence-electron chi connectivity index (χ0n) is 19.2. The van der Waals surface area contributed by atoms with Crippen molar-refractivity contribution in [1.29, 1.82) is 0 Å². The van der Waals surface area contributed by atoms with Gasteiger partial charge in [-0.25, -0.2) is 0 Å². The Labute approximate surface area is 209 Å². The molecule has 11 heteroatoms. The summed E-state index contributed by atoms with van der Waals surface area (Å²) in [6.07, 6.45) is -3.32. The summed E-state index contributed by atoms with van der Waals surface area (Å²) in [5.41, 5.74) is 2.14. The van der Waals surface area contributed by atoms with Gasteiger partial charge in [0, 0.05) is 4.98 Å². The molecule has 0 saturated carbocycles. The van der Waals surface area contributed by atoms with Gasteiger partial charge >= 0.3 is 18.0 Å². The molecule has 190 valence electrons.